The van der Waals surface area contributed by atoms with Crippen molar-refractivity contribution in [3.8, 4) is 0 Å². The minimum atomic E-state index is 0.983. The molecule has 0 amide bonds. The molecule has 0 aliphatic carbocycles. The summed E-state index contributed by atoms with van der Waals surface area (Å²) < 4.78 is 4.79. The number of hydrogen-bond acceptors (Lipinski definition) is 0. The van der Waals surface area contributed by atoms with Crippen molar-refractivity contribution >= 4 is 0 Å². The van der Waals surface area contributed by atoms with Crippen LogP contribution in [0.2, 0.25) is 0 Å². The molecule has 1 aromatic heterocycles. The number of rotatable bonds is 8. The molecular weight excluding hydrogens is 244 g/mol. The molecule has 0 radical (unpaired) electrons. The minimum Gasteiger partial charge on any atom is -0.235 e. The number of benzene rings is 1. The Labute approximate surface area is 123 Å². The summed E-state index contributed by atoms with van der Waals surface area (Å²) in [5.74, 6) is 1.47. The van der Waals surface area contributed by atoms with Gasteiger partial charge in [0.15, 0.2) is 0 Å². The van der Waals surface area contributed by atoms with Gasteiger partial charge in [-0.2, -0.15) is 0 Å². The van der Waals surface area contributed by atoms with Gasteiger partial charge in [0.25, 0.3) is 5.82 Å². The molecule has 0 bridgehead atoms. The summed E-state index contributed by atoms with van der Waals surface area (Å²) in [6, 6.07) is 10.7. The number of imidazole rings is 1. The summed E-state index contributed by atoms with van der Waals surface area (Å²) in [5, 5.41) is 0. The molecule has 2 rings (SSSR count). The van der Waals surface area contributed by atoms with E-state index in [0.717, 1.165) is 13.1 Å². The third kappa shape index (κ3) is 3.96. The summed E-state index contributed by atoms with van der Waals surface area (Å²) in [5.41, 5.74) is 1.38. The third-order valence-corrected chi connectivity index (χ3v) is 3.88. The van der Waals surface area contributed by atoms with Crippen molar-refractivity contribution in [1.29, 1.82) is 0 Å². The molecule has 108 valence electrons. The van der Waals surface area contributed by atoms with Gasteiger partial charge in [-0.05, 0) is 18.9 Å². The van der Waals surface area contributed by atoms with Crippen molar-refractivity contribution in [3.05, 3.63) is 54.1 Å². The summed E-state index contributed by atoms with van der Waals surface area (Å²) >= 11 is 0. The second kappa shape index (κ2) is 7.88. The number of nitrogens with zero attached hydrogens (tertiary/aromatic N) is 2. The number of aryl methyl sites for hydroxylation is 1. The maximum absolute atomic E-state index is 2.41. The van der Waals surface area contributed by atoms with Gasteiger partial charge < -0.3 is 0 Å². The first-order valence-electron chi connectivity index (χ1n) is 7.96. The first kappa shape index (κ1) is 14.8. The van der Waals surface area contributed by atoms with Crippen LogP contribution in [0.4, 0.5) is 0 Å². The molecule has 2 nitrogen and oxygen atoms in total. The molecule has 0 atom stereocenters. The van der Waals surface area contributed by atoms with Gasteiger partial charge in [0.05, 0.1) is 6.54 Å². The van der Waals surface area contributed by atoms with Crippen LogP contribution < -0.4 is 4.57 Å². The largest absolute Gasteiger partial charge is 0.256 e. The van der Waals surface area contributed by atoms with Crippen molar-refractivity contribution in [2.24, 2.45) is 0 Å². The van der Waals surface area contributed by atoms with E-state index in [1.165, 1.54) is 43.5 Å². The summed E-state index contributed by atoms with van der Waals surface area (Å²) in [4.78, 5) is 0. The number of unbranched alkanes of at least 4 members (excludes halogenated alkanes) is 3. The van der Waals surface area contributed by atoms with Crippen LogP contribution in [0.25, 0.3) is 0 Å². The lowest BCUT2D eigenvalue weighted by molar-refractivity contribution is -0.695. The molecule has 1 aromatic carbocycles. The van der Waals surface area contributed by atoms with Gasteiger partial charge in [-0.25, -0.2) is 9.13 Å². The van der Waals surface area contributed by atoms with E-state index in [1.807, 2.05) is 0 Å². The van der Waals surface area contributed by atoms with Crippen molar-refractivity contribution in [2.75, 3.05) is 0 Å². The van der Waals surface area contributed by atoms with Crippen molar-refractivity contribution in [1.82, 2.24) is 4.57 Å². The normalized spacial score (nSPS) is 10.9. The fourth-order valence-electron chi connectivity index (χ4n) is 2.71. The first-order chi connectivity index (χ1) is 9.85. The molecule has 0 saturated carbocycles. The fraction of sp³-hybridized carbons (Fsp3) is 0.500. The Bertz CT molecular complexity index is 499. The average Bonchev–Trinajstić information content (AvgIpc) is 2.87. The Balaban J connectivity index is 2.06. The predicted octanol–water partition coefficient (Wildman–Crippen LogP) is 3.97. The Kier molecular flexibility index (Phi) is 5.85. The quantitative estimate of drug-likeness (QED) is 0.507. The second-order valence-electron chi connectivity index (χ2n) is 5.42. The van der Waals surface area contributed by atoms with E-state index >= 15 is 0 Å². The highest BCUT2D eigenvalue weighted by molar-refractivity contribution is 5.13. The molecule has 0 N–H and O–H groups in total. The third-order valence-electron chi connectivity index (χ3n) is 3.88. The Hall–Kier alpha value is -1.57. The fourth-order valence-corrected chi connectivity index (χ4v) is 2.71. The topological polar surface area (TPSA) is 8.81 Å². The van der Waals surface area contributed by atoms with Crippen LogP contribution >= 0.6 is 0 Å². The molecule has 2 aromatic rings. The van der Waals surface area contributed by atoms with Gasteiger partial charge in [0.1, 0.15) is 18.9 Å². The maximum Gasteiger partial charge on any atom is 0.256 e. The van der Waals surface area contributed by atoms with Crippen LogP contribution in [0.3, 0.4) is 0 Å². The van der Waals surface area contributed by atoms with Crippen LogP contribution in [0, 0.1) is 0 Å². The molecule has 0 fully saturated rings. The number of hydrogen-bond donors (Lipinski definition) is 0. The summed E-state index contributed by atoms with van der Waals surface area (Å²) in [7, 11) is 0. The standard InChI is InChI=1S/C18H27N2/c1-3-5-6-10-13-18-19(4-2)14-15-20(18)16-17-11-8-7-9-12-17/h7-9,11-12,14-15H,3-6,10,13,16H2,1-2H3/q+1. The van der Waals surface area contributed by atoms with Gasteiger partial charge in [-0.1, -0.05) is 56.5 Å². The van der Waals surface area contributed by atoms with Crippen molar-refractivity contribution in [3.63, 3.8) is 0 Å². The molecule has 1 heterocycles. The average molecular weight is 271 g/mol. The SMILES string of the molecule is CCCCCCc1n(CC)cc[n+]1Cc1ccccc1. The van der Waals surface area contributed by atoms with Crippen LogP contribution in [-0.4, -0.2) is 4.57 Å². The van der Waals surface area contributed by atoms with Crippen molar-refractivity contribution < 1.29 is 4.57 Å². The Morgan fingerprint density at radius 3 is 2.50 bits per heavy atom. The molecule has 0 unspecified atom stereocenters. The zero-order chi connectivity index (χ0) is 14.2. The van der Waals surface area contributed by atoms with Gasteiger partial charge in [-0.15, -0.1) is 0 Å². The van der Waals surface area contributed by atoms with Gasteiger partial charge >= 0.3 is 0 Å². The van der Waals surface area contributed by atoms with Crippen LogP contribution in [0.5, 0.6) is 0 Å². The van der Waals surface area contributed by atoms with Crippen LogP contribution in [-0.2, 0) is 19.5 Å². The monoisotopic (exact) mass is 271 g/mol. The van der Waals surface area contributed by atoms with E-state index in [9.17, 15) is 0 Å². The van der Waals surface area contributed by atoms with Gasteiger partial charge in [0.2, 0.25) is 0 Å². The molecule has 20 heavy (non-hydrogen) atoms. The van der Waals surface area contributed by atoms with Gasteiger partial charge in [0, 0.05) is 6.42 Å². The van der Waals surface area contributed by atoms with E-state index in [-0.39, 0.29) is 0 Å². The van der Waals surface area contributed by atoms with Gasteiger partial charge in [-0.3, -0.25) is 0 Å². The molecule has 2 heteroatoms. The highest BCUT2D eigenvalue weighted by atomic mass is 15.1. The van der Waals surface area contributed by atoms with E-state index in [0.29, 0.717) is 0 Å². The highest BCUT2D eigenvalue weighted by Crippen LogP contribution is 2.07. The number of aromatic nitrogens is 2. The maximum atomic E-state index is 2.41. The Morgan fingerprint density at radius 1 is 1.00 bits per heavy atom. The minimum absolute atomic E-state index is 0.983. The predicted molar refractivity (Wildman–Crippen MR) is 83.7 cm³/mol. The first-order valence-corrected chi connectivity index (χ1v) is 7.96. The molecular formula is C18H27N2+. The van der Waals surface area contributed by atoms with E-state index in [4.69, 9.17) is 0 Å². The summed E-state index contributed by atoms with van der Waals surface area (Å²) in [6.45, 7) is 6.54. The van der Waals surface area contributed by atoms with E-state index < -0.39 is 0 Å². The molecule has 0 saturated heterocycles. The van der Waals surface area contributed by atoms with E-state index in [2.05, 4.69) is 65.7 Å². The second-order valence-corrected chi connectivity index (χ2v) is 5.42. The zero-order valence-electron chi connectivity index (χ0n) is 12.9. The summed E-state index contributed by atoms with van der Waals surface area (Å²) in [6.07, 6.45) is 10.9. The van der Waals surface area contributed by atoms with Crippen molar-refractivity contribution in [2.45, 2.75) is 59.0 Å². The zero-order valence-corrected chi connectivity index (χ0v) is 12.9. The van der Waals surface area contributed by atoms with E-state index in [1.54, 1.807) is 0 Å². The smallest absolute Gasteiger partial charge is 0.235 e. The lowest BCUT2D eigenvalue weighted by atomic mass is 10.1. The lowest BCUT2D eigenvalue weighted by Gasteiger charge is -2.04. The van der Waals surface area contributed by atoms with Crippen LogP contribution in [0.1, 0.15) is 50.9 Å². The molecule has 0 aliphatic rings. The molecule has 0 aliphatic heterocycles. The molecule has 0 spiro atoms. The van der Waals surface area contributed by atoms with Crippen LogP contribution in [0.15, 0.2) is 42.7 Å². The lowest BCUT2D eigenvalue weighted by Crippen LogP contribution is -2.37. The Morgan fingerprint density at radius 2 is 1.80 bits per heavy atom. The highest BCUT2D eigenvalue weighted by Gasteiger charge is 2.15.